The summed E-state index contributed by atoms with van der Waals surface area (Å²) in [6.07, 6.45) is 1.85. The number of fused-ring (bicyclic) bond motifs is 4. The molecule has 1 radical (unpaired) electrons. The first-order valence-corrected chi connectivity index (χ1v) is 18.5. The number of furan rings is 1. The van der Waals surface area contributed by atoms with E-state index in [0.717, 1.165) is 72.7 Å². The molecule has 6 heteroatoms. The molecule has 0 atom stereocenters. The van der Waals surface area contributed by atoms with Crippen LogP contribution in [0.15, 0.2) is 180 Å². The Kier molecular flexibility index (Phi) is 10.5. The van der Waals surface area contributed by atoms with Crippen molar-refractivity contribution in [1.29, 1.82) is 0 Å². The van der Waals surface area contributed by atoms with Gasteiger partial charge in [0, 0.05) is 42.9 Å². The van der Waals surface area contributed by atoms with Gasteiger partial charge in [-0.1, -0.05) is 128 Å². The van der Waals surface area contributed by atoms with Crippen LogP contribution in [0.3, 0.4) is 0 Å². The van der Waals surface area contributed by atoms with Gasteiger partial charge in [0.2, 0.25) is 0 Å². The predicted molar refractivity (Wildman–Crippen MR) is 224 cm³/mol. The quantitative estimate of drug-likeness (QED) is 0.156. The molecule has 0 saturated heterocycles. The van der Waals surface area contributed by atoms with Gasteiger partial charge in [-0.3, -0.25) is 4.98 Å². The van der Waals surface area contributed by atoms with Crippen LogP contribution in [0.4, 0.5) is 0 Å². The van der Waals surface area contributed by atoms with Crippen molar-refractivity contribution in [1.82, 2.24) is 19.5 Å². The molecule has 4 aromatic heterocycles. The van der Waals surface area contributed by atoms with Crippen molar-refractivity contribution in [3.8, 4) is 50.7 Å². The molecule has 0 saturated carbocycles. The van der Waals surface area contributed by atoms with Crippen LogP contribution in [0, 0.1) is 12.1 Å². The largest absolute Gasteiger partial charge is 0.501 e. The van der Waals surface area contributed by atoms with Crippen LogP contribution < -0.4 is 0 Å². The average Bonchev–Trinajstić information content (AvgIpc) is 3.83. The normalized spacial score (nSPS) is 11.1. The van der Waals surface area contributed by atoms with E-state index in [2.05, 4.69) is 108 Å². The van der Waals surface area contributed by atoms with E-state index in [9.17, 15) is 0 Å². The maximum atomic E-state index is 6.39. The first-order valence-electron chi connectivity index (χ1n) is 18.5. The van der Waals surface area contributed by atoms with Crippen molar-refractivity contribution in [2.45, 2.75) is 19.8 Å². The monoisotopic (exact) mass is 901 g/mol. The van der Waals surface area contributed by atoms with Gasteiger partial charge in [0.05, 0.1) is 22.6 Å². The van der Waals surface area contributed by atoms with Crippen molar-refractivity contribution >= 4 is 33.1 Å². The Balaban J connectivity index is 0.000000195. The molecule has 56 heavy (non-hydrogen) atoms. The number of pyridine rings is 2. The maximum absolute atomic E-state index is 6.39. The van der Waals surface area contributed by atoms with Crippen LogP contribution in [0.1, 0.15) is 25.3 Å². The third-order valence-corrected chi connectivity index (χ3v) is 9.79. The van der Waals surface area contributed by atoms with E-state index in [4.69, 9.17) is 14.4 Å². The molecule has 273 valence electrons. The summed E-state index contributed by atoms with van der Waals surface area (Å²) in [6, 6.07) is 64.0. The fourth-order valence-electron chi connectivity index (χ4n) is 7.10. The molecule has 6 aromatic carbocycles. The van der Waals surface area contributed by atoms with Crippen LogP contribution in [0.25, 0.3) is 83.8 Å². The number of aromatic nitrogens is 4. The molecule has 0 bridgehead atoms. The van der Waals surface area contributed by atoms with E-state index in [-0.39, 0.29) is 20.1 Å². The van der Waals surface area contributed by atoms with Crippen molar-refractivity contribution in [2.24, 2.45) is 0 Å². The zero-order valence-electron chi connectivity index (χ0n) is 30.9. The minimum atomic E-state index is 0. The SMILES string of the molecule is CC(C)c1ccccc1-n1c(-c2[c-]ccc3c2oc2ccccc23)nc2ccc(-c3ccccc3)nc21.[Ir].[c-]1ccccc1-c1cc(-c2ccccc2)ccn1. The molecule has 0 amide bonds. The Morgan fingerprint density at radius 1 is 0.589 bits per heavy atom. The van der Waals surface area contributed by atoms with E-state index in [0.29, 0.717) is 5.92 Å². The number of hydrogen-bond acceptors (Lipinski definition) is 4. The molecule has 0 aliphatic heterocycles. The Hall–Kier alpha value is -6.46. The van der Waals surface area contributed by atoms with Crippen LogP contribution >= 0.6 is 0 Å². The van der Waals surface area contributed by atoms with Gasteiger partial charge in [0.15, 0.2) is 5.65 Å². The number of hydrogen-bond donors (Lipinski definition) is 0. The molecule has 0 aliphatic carbocycles. The molecular weight excluding hydrogens is 865 g/mol. The summed E-state index contributed by atoms with van der Waals surface area (Å²) >= 11 is 0. The molecule has 0 fully saturated rings. The van der Waals surface area contributed by atoms with E-state index >= 15 is 0 Å². The van der Waals surface area contributed by atoms with Gasteiger partial charge in [-0.15, -0.1) is 54.1 Å². The Labute approximate surface area is 339 Å². The number of nitrogens with zero attached hydrogens (tertiary/aromatic N) is 4. The van der Waals surface area contributed by atoms with E-state index in [1.54, 1.807) is 0 Å². The van der Waals surface area contributed by atoms with Crippen molar-refractivity contribution in [2.75, 3.05) is 0 Å². The second-order valence-corrected chi connectivity index (χ2v) is 13.7. The van der Waals surface area contributed by atoms with Gasteiger partial charge in [0.25, 0.3) is 0 Å². The second-order valence-electron chi connectivity index (χ2n) is 13.7. The van der Waals surface area contributed by atoms with Gasteiger partial charge in [0.1, 0.15) is 5.58 Å². The number of benzene rings is 6. The van der Waals surface area contributed by atoms with E-state index < -0.39 is 0 Å². The van der Waals surface area contributed by atoms with E-state index in [1.165, 1.54) is 16.7 Å². The summed E-state index contributed by atoms with van der Waals surface area (Å²) in [5.74, 6) is 1.09. The number of rotatable bonds is 6. The topological polar surface area (TPSA) is 56.7 Å². The molecule has 5 nitrogen and oxygen atoms in total. The summed E-state index contributed by atoms with van der Waals surface area (Å²) in [5.41, 5.74) is 12.7. The third kappa shape index (κ3) is 7.09. The van der Waals surface area contributed by atoms with Crippen molar-refractivity contribution < 1.29 is 24.5 Å². The van der Waals surface area contributed by atoms with E-state index in [1.807, 2.05) is 103 Å². The van der Waals surface area contributed by atoms with Crippen molar-refractivity contribution in [3.05, 3.63) is 194 Å². The number of imidazole rings is 1. The first kappa shape index (κ1) is 36.5. The number of para-hydroxylation sites is 2. The van der Waals surface area contributed by atoms with Gasteiger partial charge in [-0.25, -0.2) is 4.98 Å². The van der Waals surface area contributed by atoms with Crippen LogP contribution in [-0.2, 0) is 20.1 Å². The van der Waals surface area contributed by atoms with Crippen LogP contribution in [-0.4, -0.2) is 19.5 Å². The zero-order chi connectivity index (χ0) is 37.1. The fourth-order valence-corrected chi connectivity index (χ4v) is 7.10. The molecule has 0 N–H and O–H groups in total. The van der Waals surface area contributed by atoms with Crippen molar-refractivity contribution in [3.63, 3.8) is 0 Å². The minimum absolute atomic E-state index is 0. The summed E-state index contributed by atoms with van der Waals surface area (Å²) in [6.45, 7) is 4.43. The summed E-state index contributed by atoms with van der Waals surface area (Å²) in [4.78, 5) is 14.7. The third-order valence-electron chi connectivity index (χ3n) is 9.79. The first-order chi connectivity index (χ1) is 27.1. The molecular formula is C50H36IrN4O-2. The molecule has 0 unspecified atom stereocenters. The predicted octanol–water partition coefficient (Wildman–Crippen LogP) is 12.8. The summed E-state index contributed by atoms with van der Waals surface area (Å²) in [7, 11) is 0. The smallest absolute Gasteiger partial charge is 0.156 e. The molecule has 10 rings (SSSR count). The van der Waals surface area contributed by atoms with Gasteiger partial charge in [-0.05, 0) is 58.6 Å². The van der Waals surface area contributed by atoms with Gasteiger partial charge >= 0.3 is 0 Å². The second kappa shape index (κ2) is 16.1. The maximum Gasteiger partial charge on any atom is 0.156 e. The molecule has 0 aliphatic rings. The average molecular weight is 901 g/mol. The van der Waals surface area contributed by atoms with Crippen LogP contribution in [0.2, 0.25) is 0 Å². The summed E-state index contributed by atoms with van der Waals surface area (Å²) in [5, 5.41) is 2.14. The molecule has 10 aromatic rings. The minimum Gasteiger partial charge on any atom is -0.501 e. The van der Waals surface area contributed by atoms with Crippen LogP contribution in [0.5, 0.6) is 0 Å². The Bertz CT molecular complexity index is 2850. The summed E-state index contributed by atoms with van der Waals surface area (Å²) < 4.78 is 8.57. The molecule has 4 heterocycles. The zero-order valence-corrected chi connectivity index (χ0v) is 33.2. The van der Waals surface area contributed by atoms with Gasteiger partial charge < -0.3 is 14.0 Å². The fraction of sp³-hybridized carbons (Fsp3) is 0.0600. The molecule has 0 spiro atoms. The standard InChI is InChI=1S/C33H24N3O.C17H12N.Ir/c1-21(2)23-13-6-8-17-29(23)36-32(26-16-10-15-25-24-14-7-9-18-30(24)37-31(25)26)35-28-20-19-27(34-33(28)36)22-11-4-3-5-12-22;1-3-7-14(8-4-1)16-11-12-18-17(13-16)15-9-5-2-6-10-15;/h3-15,17-21H,1-2H3;1-9,11-13H;/q2*-1;. The Morgan fingerprint density at radius 3 is 2.11 bits per heavy atom. The van der Waals surface area contributed by atoms with Gasteiger partial charge in [-0.2, -0.15) is 0 Å². The Morgan fingerprint density at radius 2 is 1.32 bits per heavy atom.